The van der Waals surface area contributed by atoms with Gasteiger partial charge in [0.05, 0.1) is 7.11 Å². The summed E-state index contributed by atoms with van der Waals surface area (Å²) < 4.78 is 12.0. The van der Waals surface area contributed by atoms with Gasteiger partial charge >= 0.3 is 5.97 Å². The summed E-state index contributed by atoms with van der Waals surface area (Å²) in [6, 6.07) is 12.9. The van der Waals surface area contributed by atoms with Crippen LogP contribution in [0.5, 0.6) is 5.75 Å². The average molecular weight is 353 g/mol. The molecule has 1 amide bonds. The summed E-state index contributed by atoms with van der Waals surface area (Å²) in [5, 5.41) is 0. The number of nitrogens with zero attached hydrogens (tertiary/aromatic N) is 3. The van der Waals surface area contributed by atoms with Crippen LogP contribution in [0.2, 0.25) is 0 Å². The van der Waals surface area contributed by atoms with E-state index in [1.54, 1.807) is 37.0 Å². The fourth-order valence-electron chi connectivity index (χ4n) is 2.48. The molecule has 7 heteroatoms. The summed E-state index contributed by atoms with van der Waals surface area (Å²) in [5.74, 6) is -0.205. The number of pyridine rings is 1. The number of fused-ring (bicyclic) bond motifs is 1. The van der Waals surface area contributed by atoms with Crippen molar-refractivity contribution in [1.82, 2.24) is 14.3 Å². The van der Waals surface area contributed by atoms with Crippen molar-refractivity contribution < 1.29 is 19.1 Å². The van der Waals surface area contributed by atoms with E-state index >= 15 is 0 Å². The molecule has 1 aromatic carbocycles. The Labute approximate surface area is 150 Å². The van der Waals surface area contributed by atoms with Gasteiger partial charge < -0.3 is 18.8 Å². The molecular formula is C19H19N3O4. The van der Waals surface area contributed by atoms with Crippen LogP contribution in [-0.4, -0.2) is 46.9 Å². The second kappa shape index (κ2) is 7.69. The van der Waals surface area contributed by atoms with Crippen molar-refractivity contribution in [2.24, 2.45) is 0 Å². The number of carbonyl (C=O) groups excluding carboxylic acids is 2. The molecule has 0 aliphatic carbocycles. The van der Waals surface area contributed by atoms with Crippen LogP contribution >= 0.6 is 0 Å². The summed E-state index contributed by atoms with van der Waals surface area (Å²) >= 11 is 0. The predicted octanol–water partition coefficient (Wildman–Crippen LogP) is 2.16. The number of ether oxygens (including phenoxy) is 2. The molecule has 0 N–H and O–H groups in total. The van der Waals surface area contributed by atoms with Crippen LogP contribution in [-0.2, 0) is 16.1 Å². The zero-order chi connectivity index (χ0) is 18.5. The normalized spacial score (nSPS) is 10.5. The van der Waals surface area contributed by atoms with Gasteiger partial charge in [0.2, 0.25) is 0 Å². The number of rotatable bonds is 6. The Morgan fingerprint density at radius 3 is 2.81 bits per heavy atom. The lowest BCUT2D eigenvalue weighted by molar-refractivity contribution is -0.133. The highest BCUT2D eigenvalue weighted by molar-refractivity contribution is 5.90. The van der Waals surface area contributed by atoms with Crippen LogP contribution in [0.3, 0.4) is 0 Å². The number of hydrogen-bond donors (Lipinski definition) is 0. The molecule has 0 atom stereocenters. The summed E-state index contributed by atoms with van der Waals surface area (Å²) in [5.41, 5.74) is 1.73. The quantitative estimate of drug-likeness (QED) is 0.635. The van der Waals surface area contributed by atoms with Gasteiger partial charge in [-0.2, -0.15) is 0 Å². The highest BCUT2D eigenvalue weighted by atomic mass is 16.5. The third-order valence-corrected chi connectivity index (χ3v) is 3.88. The number of esters is 1. The number of aromatic nitrogens is 2. The summed E-state index contributed by atoms with van der Waals surface area (Å²) in [6.45, 7) is 0.0507. The summed E-state index contributed by atoms with van der Waals surface area (Å²) in [7, 11) is 3.24. The monoisotopic (exact) mass is 353 g/mol. The standard InChI is InChI=1S/C19H19N3O4/c1-21(11-14-6-5-7-15(10-14)25-2)18(23)13-26-19(24)16-12-22-9-4-3-8-17(22)20-16/h3-10,12H,11,13H2,1-2H3. The van der Waals surface area contributed by atoms with Crippen molar-refractivity contribution >= 4 is 17.5 Å². The van der Waals surface area contributed by atoms with Crippen molar-refractivity contribution in [3.8, 4) is 5.75 Å². The molecular weight excluding hydrogens is 334 g/mol. The number of carbonyl (C=O) groups is 2. The van der Waals surface area contributed by atoms with Gasteiger partial charge in [-0.1, -0.05) is 18.2 Å². The number of imidazole rings is 1. The molecule has 0 fully saturated rings. The van der Waals surface area contributed by atoms with E-state index in [1.165, 1.54) is 4.90 Å². The van der Waals surface area contributed by atoms with Gasteiger partial charge in [-0.15, -0.1) is 0 Å². The van der Waals surface area contributed by atoms with Crippen LogP contribution in [0.1, 0.15) is 16.1 Å². The van der Waals surface area contributed by atoms with Gasteiger partial charge in [0.25, 0.3) is 5.91 Å². The largest absolute Gasteiger partial charge is 0.497 e. The van der Waals surface area contributed by atoms with E-state index in [2.05, 4.69) is 4.98 Å². The molecule has 0 radical (unpaired) electrons. The maximum absolute atomic E-state index is 12.2. The van der Waals surface area contributed by atoms with Gasteiger partial charge in [0, 0.05) is 26.0 Å². The molecule has 0 spiro atoms. The second-order valence-corrected chi connectivity index (χ2v) is 5.77. The first kappa shape index (κ1) is 17.5. The molecule has 0 bridgehead atoms. The summed E-state index contributed by atoms with van der Waals surface area (Å²) in [6.07, 6.45) is 3.36. The molecule has 26 heavy (non-hydrogen) atoms. The molecule has 2 heterocycles. The van der Waals surface area contributed by atoms with Crippen LogP contribution in [0, 0.1) is 0 Å². The molecule has 7 nitrogen and oxygen atoms in total. The van der Waals surface area contributed by atoms with Gasteiger partial charge in [0.15, 0.2) is 12.3 Å². The van der Waals surface area contributed by atoms with E-state index in [1.807, 2.05) is 36.4 Å². The van der Waals surface area contributed by atoms with Gasteiger partial charge in [-0.3, -0.25) is 4.79 Å². The molecule has 3 aromatic rings. The van der Waals surface area contributed by atoms with E-state index in [-0.39, 0.29) is 18.2 Å². The lowest BCUT2D eigenvalue weighted by atomic mass is 10.2. The van der Waals surface area contributed by atoms with E-state index in [9.17, 15) is 9.59 Å². The zero-order valence-electron chi connectivity index (χ0n) is 14.6. The van der Waals surface area contributed by atoms with E-state index in [4.69, 9.17) is 9.47 Å². The average Bonchev–Trinajstić information content (AvgIpc) is 3.10. The van der Waals surface area contributed by atoms with Crippen molar-refractivity contribution in [2.75, 3.05) is 20.8 Å². The van der Waals surface area contributed by atoms with Gasteiger partial charge in [-0.25, -0.2) is 9.78 Å². The Bertz CT molecular complexity index is 902. The van der Waals surface area contributed by atoms with Crippen LogP contribution in [0.4, 0.5) is 0 Å². The maximum Gasteiger partial charge on any atom is 0.359 e. The molecule has 3 rings (SSSR count). The molecule has 0 saturated heterocycles. The van der Waals surface area contributed by atoms with Crippen LogP contribution < -0.4 is 4.74 Å². The third kappa shape index (κ3) is 4.00. The molecule has 0 unspecified atom stereocenters. The molecule has 0 aliphatic heterocycles. The van der Waals surface area contributed by atoms with E-state index in [0.717, 1.165) is 11.3 Å². The SMILES string of the molecule is COc1cccc(CN(C)C(=O)COC(=O)c2cn3ccccc3n2)c1. The molecule has 0 saturated carbocycles. The van der Waals surface area contributed by atoms with Crippen LogP contribution in [0.15, 0.2) is 54.9 Å². The minimum atomic E-state index is -0.628. The van der Waals surface area contributed by atoms with E-state index in [0.29, 0.717) is 12.2 Å². The zero-order valence-corrected chi connectivity index (χ0v) is 14.6. The Balaban J connectivity index is 1.56. The summed E-state index contributed by atoms with van der Waals surface area (Å²) in [4.78, 5) is 30.0. The molecule has 2 aromatic heterocycles. The lowest BCUT2D eigenvalue weighted by Crippen LogP contribution is -2.30. The number of likely N-dealkylation sites (N-methyl/N-ethyl adjacent to an activating group) is 1. The van der Waals surface area contributed by atoms with Crippen molar-refractivity contribution in [3.63, 3.8) is 0 Å². The number of amides is 1. The van der Waals surface area contributed by atoms with E-state index < -0.39 is 5.97 Å². The predicted molar refractivity (Wildman–Crippen MR) is 94.9 cm³/mol. The number of methoxy groups -OCH3 is 1. The Hall–Kier alpha value is -3.35. The first-order valence-electron chi connectivity index (χ1n) is 8.04. The molecule has 0 aliphatic rings. The van der Waals surface area contributed by atoms with Crippen molar-refractivity contribution in [2.45, 2.75) is 6.54 Å². The highest BCUT2D eigenvalue weighted by Crippen LogP contribution is 2.14. The smallest absolute Gasteiger partial charge is 0.359 e. The number of benzene rings is 1. The third-order valence-electron chi connectivity index (χ3n) is 3.88. The fourth-order valence-corrected chi connectivity index (χ4v) is 2.48. The Morgan fingerprint density at radius 2 is 2.04 bits per heavy atom. The highest BCUT2D eigenvalue weighted by Gasteiger charge is 2.16. The minimum absolute atomic E-state index is 0.166. The lowest BCUT2D eigenvalue weighted by Gasteiger charge is -2.17. The van der Waals surface area contributed by atoms with Gasteiger partial charge in [0.1, 0.15) is 11.4 Å². The Kier molecular flexibility index (Phi) is 5.17. The Morgan fingerprint density at radius 1 is 1.19 bits per heavy atom. The maximum atomic E-state index is 12.2. The van der Waals surface area contributed by atoms with Crippen molar-refractivity contribution in [3.05, 3.63) is 66.1 Å². The number of hydrogen-bond acceptors (Lipinski definition) is 5. The molecule has 134 valence electrons. The minimum Gasteiger partial charge on any atom is -0.497 e. The van der Waals surface area contributed by atoms with Gasteiger partial charge in [-0.05, 0) is 29.8 Å². The van der Waals surface area contributed by atoms with Crippen molar-refractivity contribution in [1.29, 1.82) is 0 Å². The van der Waals surface area contributed by atoms with Crippen LogP contribution in [0.25, 0.3) is 5.65 Å². The first-order valence-corrected chi connectivity index (χ1v) is 8.04. The second-order valence-electron chi connectivity index (χ2n) is 5.77. The topological polar surface area (TPSA) is 73.1 Å². The fraction of sp³-hybridized carbons (Fsp3) is 0.211. The first-order chi connectivity index (χ1) is 12.6.